The van der Waals surface area contributed by atoms with Crippen molar-refractivity contribution in [3.63, 3.8) is 0 Å². The summed E-state index contributed by atoms with van der Waals surface area (Å²) in [6, 6.07) is 10.1. The van der Waals surface area contributed by atoms with E-state index < -0.39 is 0 Å². The van der Waals surface area contributed by atoms with Gasteiger partial charge < -0.3 is 9.53 Å². The molecule has 0 radical (unpaired) electrons. The largest absolute Gasteiger partial charge is 0.371 e. The molecule has 0 aliphatic heterocycles. The minimum Gasteiger partial charge on any atom is -0.371 e. The third-order valence-electron chi connectivity index (χ3n) is 1.81. The lowest BCUT2D eigenvalue weighted by molar-refractivity contribution is -0.113. The maximum atomic E-state index is 10.0. The summed E-state index contributed by atoms with van der Waals surface area (Å²) in [6.07, 6.45) is 1.74. The van der Waals surface area contributed by atoms with Crippen LogP contribution in [0.1, 0.15) is 12.5 Å². The van der Waals surface area contributed by atoms with Gasteiger partial charge >= 0.3 is 0 Å². The number of hydrogen-bond acceptors (Lipinski definition) is 2. The number of rotatable bonds is 5. The fourth-order valence-electron chi connectivity index (χ4n) is 1.21. The van der Waals surface area contributed by atoms with E-state index in [1.807, 2.05) is 25.1 Å². The Morgan fingerprint density at radius 3 is 2.69 bits per heavy atom. The molecule has 2 heteroatoms. The maximum absolute atomic E-state index is 10.0. The van der Waals surface area contributed by atoms with Crippen molar-refractivity contribution in [2.45, 2.75) is 19.4 Å². The van der Waals surface area contributed by atoms with E-state index in [0.29, 0.717) is 0 Å². The number of carbonyl (C=O) groups excluding carboxylic acids is 1. The standard InChI is InChI=1S/C11H14O2/c1-10(13-8-7-12)9-11-5-3-2-4-6-11/h2-7,10H,8-9H2,1H3. The number of hydrogen-bond donors (Lipinski definition) is 0. The van der Waals surface area contributed by atoms with Crippen molar-refractivity contribution in [3.8, 4) is 0 Å². The maximum Gasteiger partial charge on any atom is 0.145 e. The van der Waals surface area contributed by atoms with Crippen molar-refractivity contribution in [2.75, 3.05) is 6.61 Å². The smallest absolute Gasteiger partial charge is 0.145 e. The lowest BCUT2D eigenvalue weighted by atomic mass is 10.1. The number of ether oxygens (including phenoxy) is 1. The average Bonchev–Trinajstić information content (AvgIpc) is 2.16. The Morgan fingerprint density at radius 2 is 2.08 bits per heavy atom. The summed E-state index contributed by atoms with van der Waals surface area (Å²) < 4.78 is 5.23. The van der Waals surface area contributed by atoms with E-state index in [0.717, 1.165) is 12.7 Å². The molecular weight excluding hydrogens is 164 g/mol. The van der Waals surface area contributed by atoms with Gasteiger partial charge in [0.1, 0.15) is 12.9 Å². The highest BCUT2D eigenvalue weighted by Crippen LogP contribution is 2.04. The van der Waals surface area contributed by atoms with Gasteiger partial charge in [0.15, 0.2) is 0 Å². The first-order chi connectivity index (χ1) is 6.33. The molecule has 0 fully saturated rings. The number of benzene rings is 1. The van der Waals surface area contributed by atoms with Gasteiger partial charge in [-0.1, -0.05) is 30.3 Å². The fraction of sp³-hybridized carbons (Fsp3) is 0.364. The predicted octanol–water partition coefficient (Wildman–Crippen LogP) is 1.83. The van der Waals surface area contributed by atoms with E-state index in [2.05, 4.69) is 12.1 Å². The molecule has 1 aromatic carbocycles. The molecule has 1 rings (SSSR count). The SMILES string of the molecule is CC(Cc1ccccc1)OCC=O. The quantitative estimate of drug-likeness (QED) is 0.643. The summed E-state index contributed by atoms with van der Waals surface area (Å²) >= 11 is 0. The topological polar surface area (TPSA) is 26.3 Å². The zero-order valence-corrected chi connectivity index (χ0v) is 7.77. The van der Waals surface area contributed by atoms with Gasteiger partial charge in [-0.25, -0.2) is 0 Å². The molecule has 13 heavy (non-hydrogen) atoms. The number of carbonyl (C=O) groups is 1. The Bertz CT molecular complexity index is 244. The van der Waals surface area contributed by atoms with Crippen molar-refractivity contribution in [3.05, 3.63) is 35.9 Å². The molecule has 0 spiro atoms. The average molecular weight is 178 g/mol. The minimum atomic E-state index is 0.104. The molecule has 1 unspecified atom stereocenters. The molecular formula is C11H14O2. The summed E-state index contributed by atoms with van der Waals surface area (Å²) in [5.41, 5.74) is 1.24. The van der Waals surface area contributed by atoms with Crippen molar-refractivity contribution in [2.24, 2.45) is 0 Å². The second-order valence-corrected chi connectivity index (χ2v) is 3.00. The molecule has 0 amide bonds. The first-order valence-electron chi connectivity index (χ1n) is 4.42. The molecule has 0 saturated heterocycles. The Balaban J connectivity index is 2.36. The molecule has 0 aliphatic carbocycles. The van der Waals surface area contributed by atoms with Crippen molar-refractivity contribution in [1.82, 2.24) is 0 Å². The van der Waals surface area contributed by atoms with E-state index in [9.17, 15) is 4.79 Å². The van der Waals surface area contributed by atoms with E-state index in [1.165, 1.54) is 5.56 Å². The van der Waals surface area contributed by atoms with Gasteiger partial charge in [0.2, 0.25) is 0 Å². The highest BCUT2D eigenvalue weighted by Gasteiger charge is 2.02. The summed E-state index contributed by atoms with van der Waals surface area (Å²) in [5.74, 6) is 0. The molecule has 0 aromatic heterocycles. The molecule has 2 nitrogen and oxygen atoms in total. The highest BCUT2D eigenvalue weighted by molar-refractivity contribution is 5.50. The molecule has 0 bridgehead atoms. The van der Waals surface area contributed by atoms with Crippen LogP contribution in [0.4, 0.5) is 0 Å². The zero-order chi connectivity index (χ0) is 9.52. The number of aldehydes is 1. The van der Waals surface area contributed by atoms with Gasteiger partial charge in [-0.2, -0.15) is 0 Å². The Morgan fingerprint density at radius 1 is 1.38 bits per heavy atom. The highest BCUT2D eigenvalue weighted by atomic mass is 16.5. The molecule has 0 N–H and O–H groups in total. The van der Waals surface area contributed by atoms with Crippen LogP contribution in [0.5, 0.6) is 0 Å². The second kappa shape index (κ2) is 5.49. The van der Waals surface area contributed by atoms with Crippen LogP contribution < -0.4 is 0 Å². The van der Waals surface area contributed by atoms with Crippen molar-refractivity contribution in [1.29, 1.82) is 0 Å². The van der Waals surface area contributed by atoms with Crippen molar-refractivity contribution < 1.29 is 9.53 Å². The van der Waals surface area contributed by atoms with Crippen LogP contribution in [0.25, 0.3) is 0 Å². The van der Waals surface area contributed by atoms with E-state index in [-0.39, 0.29) is 12.7 Å². The van der Waals surface area contributed by atoms with E-state index in [4.69, 9.17) is 4.74 Å². The molecule has 1 atom stereocenters. The third kappa shape index (κ3) is 3.85. The zero-order valence-electron chi connectivity index (χ0n) is 7.77. The van der Waals surface area contributed by atoms with Crippen LogP contribution in [-0.4, -0.2) is 19.0 Å². The van der Waals surface area contributed by atoms with Crippen LogP contribution in [-0.2, 0) is 16.0 Å². The monoisotopic (exact) mass is 178 g/mol. The van der Waals surface area contributed by atoms with Gasteiger partial charge in [-0.05, 0) is 18.9 Å². The Kier molecular flexibility index (Phi) is 4.19. The Labute approximate surface area is 78.5 Å². The normalized spacial score (nSPS) is 12.4. The first kappa shape index (κ1) is 9.93. The third-order valence-corrected chi connectivity index (χ3v) is 1.81. The van der Waals surface area contributed by atoms with E-state index in [1.54, 1.807) is 0 Å². The van der Waals surface area contributed by atoms with Gasteiger partial charge in [0.25, 0.3) is 0 Å². The Hall–Kier alpha value is -1.15. The van der Waals surface area contributed by atoms with Gasteiger partial charge in [-0.3, -0.25) is 0 Å². The molecule has 1 aromatic rings. The molecule has 0 saturated carbocycles. The second-order valence-electron chi connectivity index (χ2n) is 3.00. The van der Waals surface area contributed by atoms with Crippen LogP contribution in [0.3, 0.4) is 0 Å². The summed E-state index contributed by atoms with van der Waals surface area (Å²) in [5, 5.41) is 0. The predicted molar refractivity (Wildman–Crippen MR) is 51.6 cm³/mol. The van der Waals surface area contributed by atoms with Gasteiger partial charge in [0.05, 0.1) is 6.10 Å². The van der Waals surface area contributed by atoms with Crippen LogP contribution >= 0.6 is 0 Å². The van der Waals surface area contributed by atoms with Crippen LogP contribution in [0.15, 0.2) is 30.3 Å². The van der Waals surface area contributed by atoms with E-state index >= 15 is 0 Å². The van der Waals surface area contributed by atoms with Crippen LogP contribution in [0, 0.1) is 0 Å². The lowest BCUT2D eigenvalue weighted by Gasteiger charge is -2.10. The summed E-state index contributed by atoms with van der Waals surface area (Å²) in [7, 11) is 0. The minimum absolute atomic E-state index is 0.104. The van der Waals surface area contributed by atoms with Gasteiger partial charge in [0, 0.05) is 0 Å². The lowest BCUT2D eigenvalue weighted by Crippen LogP contribution is -2.12. The van der Waals surface area contributed by atoms with Crippen LogP contribution in [0.2, 0.25) is 0 Å². The fourth-order valence-corrected chi connectivity index (χ4v) is 1.21. The summed E-state index contributed by atoms with van der Waals surface area (Å²) in [4.78, 5) is 10.0. The summed E-state index contributed by atoms with van der Waals surface area (Å²) in [6.45, 7) is 2.16. The van der Waals surface area contributed by atoms with Crippen molar-refractivity contribution >= 4 is 6.29 Å². The first-order valence-corrected chi connectivity index (χ1v) is 4.42. The molecule has 70 valence electrons. The molecule has 0 heterocycles. The van der Waals surface area contributed by atoms with Gasteiger partial charge in [-0.15, -0.1) is 0 Å². The molecule has 0 aliphatic rings.